The third-order valence-corrected chi connectivity index (χ3v) is 5.39. The Morgan fingerprint density at radius 3 is 2.24 bits per heavy atom. The summed E-state index contributed by atoms with van der Waals surface area (Å²) in [6, 6.07) is 0. The second-order valence-electron chi connectivity index (χ2n) is 5.57. The zero-order valence-electron chi connectivity index (χ0n) is 13.8. The van der Waals surface area contributed by atoms with Crippen molar-refractivity contribution >= 4 is 9.28 Å². The molecule has 21 heavy (non-hydrogen) atoms. The van der Waals surface area contributed by atoms with Crippen molar-refractivity contribution in [1.29, 1.82) is 0 Å². The summed E-state index contributed by atoms with van der Waals surface area (Å²) in [6.07, 6.45) is 6.78. The maximum atomic E-state index is 5.95. The van der Waals surface area contributed by atoms with E-state index in [2.05, 4.69) is 20.4 Å². The molecule has 0 aromatic rings. The van der Waals surface area contributed by atoms with Gasteiger partial charge < -0.3 is 18.3 Å². The van der Waals surface area contributed by atoms with Gasteiger partial charge in [-0.15, -0.1) is 0 Å². The van der Waals surface area contributed by atoms with Crippen LogP contribution in [0.25, 0.3) is 0 Å². The fraction of sp³-hybridized carbons (Fsp3) is 0.875. The SMILES string of the molecule is C=C(CCCOCC1CO1)[SiH](OCCCC)OCCCC. The molecule has 1 fully saturated rings. The highest BCUT2D eigenvalue weighted by Gasteiger charge is 2.22. The summed E-state index contributed by atoms with van der Waals surface area (Å²) in [4.78, 5) is 0. The number of epoxide rings is 1. The van der Waals surface area contributed by atoms with E-state index in [4.69, 9.17) is 18.3 Å². The van der Waals surface area contributed by atoms with E-state index in [0.717, 1.165) is 76.8 Å². The maximum absolute atomic E-state index is 5.95. The monoisotopic (exact) mass is 316 g/mol. The second kappa shape index (κ2) is 12.4. The van der Waals surface area contributed by atoms with Crippen LogP contribution in [0.1, 0.15) is 52.4 Å². The van der Waals surface area contributed by atoms with Crippen LogP contribution >= 0.6 is 0 Å². The molecular formula is C16H32O4Si. The average molecular weight is 317 g/mol. The van der Waals surface area contributed by atoms with Crippen molar-refractivity contribution in [3.05, 3.63) is 11.8 Å². The lowest BCUT2D eigenvalue weighted by atomic mass is 10.3. The first-order valence-corrected chi connectivity index (χ1v) is 9.90. The van der Waals surface area contributed by atoms with E-state index in [1.54, 1.807) is 0 Å². The zero-order chi connectivity index (χ0) is 15.3. The molecule has 1 aliphatic heterocycles. The molecule has 1 aliphatic rings. The largest absolute Gasteiger partial charge is 0.393 e. The van der Waals surface area contributed by atoms with Crippen LogP contribution < -0.4 is 0 Å². The van der Waals surface area contributed by atoms with Gasteiger partial charge in [-0.25, -0.2) is 0 Å². The van der Waals surface area contributed by atoms with Crippen LogP contribution in [0, 0.1) is 0 Å². The van der Waals surface area contributed by atoms with E-state index in [-0.39, 0.29) is 0 Å². The molecule has 0 N–H and O–H groups in total. The van der Waals surface area contributed by atoms with Gasteiger partial charge in [0.1, 0.15) is 6.10 Å². The minimum Gasteiger partial charge on any atom is -0.393 e. The summed E-state index contributed by atoms with van der Waals surface area (Å²) in [6.45, 7) is 12.5. The van der Waals surface area contributed by atoms with Gasteiger partial charge in [-0.2, -0.15) is 0 Å². The van der Waals surface area contributed by atoms with Gasteiger partial charge in [0.05, 0.1) is 13.2 Å². The standard InChI is InChI=1S/C16H32O4Si/c1-4-6-11-19-21(20-12-7-5-2)15(3)9-8-10-17-13-16-14-18-16/h16,21H,3-14H2,1-2H3. The highest BCUT2D eigenvalue weighted by molar-refractivity contribution is 6.53. The Morgan fingerprint density at radius 2 is 1.71 bits per heavy atom. The Balaban J connectivity index is 2.13. The molecule has 4 nitrogen and oxygen atoms in total. The van der Waals surface area contributed by atoms with Crippen molar-refractivity contribution in [1.82, 2.24) is 0 Å². The summed E-state index contributed by atoms with van der Waals surface area (Å²) in [5.74, 6) is 0. The molecule has 1 heterocycles. The molecule has 0 aromatic heterocycles. The van der Waals surface area contributed by atoms with Crippen LogP contribution in [-0.2, 0) is 18.3 Å². The van der Waals surface area contributed by atoms with E-state index < -0.39 is 9.28 Å². The second-order valence-corrected chi connectivity index (χ2v) is 7.72. The summed E-state index contributed by atoms with van der Waals surface area (Å²) in [5.41, 5.74) is 0. The number of ether oxygens (including phenoxy) is 2. The van der Waals surface area contributed by atoms with Crippen molar-refractivity contribution in [2.24, 2.45) is 0 Å². The Hall–Kier alpha value is -0.203. The van der Waals surface area contributed by atoms with Crippen LogP contribution in [0.3, 0.4) is 0 Å². The molecule has 1 unspecified atom stereocenters. The summed E-state index contributed by atoms with van der Waals surface area (Å²) < 4.78 is 22.6. The van der Waals surface area contributed by atoms with Gasteiger partial charge in [-0.1, -0.05) is 33.3 Å². The third kappa shape index (κ3) is 10.2. The molecule has 0 aliphatic carbocycles. The minimum atomic E-state index is -1.72. The quantitative estimate of drug-likeness (QED) is 0.264. The smallest absolute Gasteiger partial charge is 0.351 e. The number of unbranched alkanes of at least 4 members (excludes halogenated alkanes) is 2. The van der Waals surface area contributed by atoms with Gasteiger partial charge >= 0.3 is 9.28 Å². The topological polar surface area (TPSA) is 40.2 Å². The predicted molar refractivity (Wildman–Crippen MR) is 87.8 cm³/mol. The fourth-order valence-corrected chi connectivity index (χ4v) is 3.62. The molecule has 0 radical (unpaired) electrons. The Kier molecular flexibility index (Phi) is 11.1. The average Bonchev–Trinajstić information content (AvgIpc) is 3.29. The zero-order valence-corrected chi connectivity index (χ0v) is 14.9. The van der Waals surface area contributed by atoms with Gasteiger partial charge in [0.25, 0.3) is 0 Å². The van der Waals surface area contributed by atoms with Crippen LogP contribution in [0.4, 0.5) is 0 Å². The molecule has 0 bridgehead atoms. The Bertz CT molecular complexity index is 259. The predicted octanol–water partition coefficient (Wildman–Crippen LogP) is 3.13. The maximum Gasteiger partial charge on any atom is 0.351 e. The van der Waals surface area contributed by atoms with Crippen molar-refractivity contribution in [2.45, 2.75) is 58.5 Å². The van der Waals surface area contributed by atoms with E-state index >= 15 is 0 Å². The lowest BCUT2D eigenvalue weighted by molar-refractivity contribution is 0.114. The molecule has 5 heteroatoms. The molecule has 0 saturated carbocycles. The number of hydrogen-bond donors (Lipinski definition) is 0. The molecule has 0 spiro atoms. The van der Waals surface area contributed by atoms with Crippen LogP contribution in [0.2, 0.25) is 0 Å². The van der Waals surface area contributed by atoms with Crippen LogP contribution in [0.15, 0.2) is 11.8 Å². The lowest BCUT2D eigenvalue weighted by Gasteiger charge is -2.19. The molecule has 0 amide bonds. The van der Waals surface area contributed by atoms with Crippen molar-refractivity contribution < 1.29 is 18.3 Å². The number of allylic oxidation sites excluding steroid dienone is 1. The summed E-state index contributed by atoms with van der Waals surface area (Å²) >= 11 is 0. The van der Waals surface area contributed by atoms with Gasteiger partial charge in [-0.3, -0.25) is 0 Å². The molecule has 124 valence electrons. The minimum absolute atomic E-state index is 0.352. The van der Waals surface area contributed by atoms with Gasteiger partial charge in [-0.05, 0) is 30.9 Å². The number of hydrogen-bond acceptors (Lipinski definition) is 4. The molecule has 1 rings (SSSR count). The van der Waals surface area contributed by atoms with E-state index in [0.29, 0.717) is 6.10 Å². The Morgan fingerprint density at radius 1 is 1.10 bits per heavy atom. The first-order valence-electron chi connectivity index (χ1n) is 8.38. The third-order valence-electron chi connectivity index (χ3n) is 3.36. The van der Waals surface area contributed by atoms with Crippen LogP contribution in [-0.4, -0.2) is 48.4 Å². The van der Waals surface area contributed by atoms with Gasteiger partial charge in [0.15, 0.2) is 0 Å². The summed E-state index contributed by atoms with van der Waals surface area (Å²) in [5, 5.41) is 1.16. The van der Waals surface area contributed by atoms with E-state index in [1.807, 2.05) is 0 Å². The van der Waals surface area contributed by atoms with Crippen molar-refractivity contribution in [2.75, 3.05) is 33.0 Å². The van der Waals surface area contributed by atoms with Crippen molar-refractivity contribution in [3.63, 3.8) is 0 Å². The van der Waals surface area contributed by atoms with E-state index in [1.165, 1.54) is 0 Å². The van der Waals surface area contributed by atoms with Crippen LogP contribution in [0.5, 0.6) is 0 Å². The molecule has 0 aromatic carbocycles. The number of rotatable bonds is 15. The summed E-state index contributed by atoms with van der Waals surface area (Å²) in [7, 11) is -1.72. The Labute approximate surface area is 131 Å². The molecular weight excluding hydrogens is 284 g/mol. The highest BCUT2D eigenvalue weighted by atomic mass is 28.3. The molecule has 1 atom stereocenters. The highest BCUT2D eigenvalue weighted by Crippen LogP contribution is 2.13. The van der Waals surface area contributed by atoms with Crippen molar-refractivity contribution in [3.8, 4) is 0 Å². The first kappa shape index (κ1) is 18.8. The fourth-order valence-electron chi connectivity index (χ4n) is 1.85. The molecule has 1 saturated heterocycles. The lowest BCUT2D eigenvalue weighted by Crippen LogP contribution is -2.27. The van der Waals surface area contributed by atoms with Gasteiger partial charge in [0.2, 0.25) is 0 Å². The normalized spacial score (nSPS) is 17.4. The van der Waals surface area contributed by atoms with E-state index in [9.17, 15) is 0 Å². The first-order chi connectivity index (χ1) is 10.3. The van der Waals surface area contributed by atoms with Gasteiger partial charge in [0, 0.05) is 19.8 Å².